The molecule has 4 rings (SSSR count). The molecule has 0 aliphatic carbocycles. The van der Waals surface area contributed by atoms with Crippen molar-refractivity contribution in [1.29, 1.82) is 0 Å². The number of nitrogens with zero attached hydrogens (tertiary/aromatic N) is 1. The molecule has 3 aromatic carbocycles. The molecule has 7 heteroatoms. The highest BCUT2D eigenvalue weighted by Crippen LogP contribution is 2.38. The van der Waals surface area contributed by atoms with Gasteiger partial charge in [0.1, 0.15) is 16.7 Å². The molecular formula is C27H23NO4S2. The van der Waals surface area contributed by atoms with E-state index in [1.165, 1.54) is 29.3 Å². The maximum absolute atomic E-state index is 13.2. The van der Waals surface area contributed by atoms with Crippen LogP contribution in [0.5, 0.6) is 5.75 Å². The highest BCUT2D eigenvalue weighted by atomic mass is 32.2. The minimum absolute atomic E-state index is 0.313. The molecule has 0 spiro atoms. The van der Waals surface area contributed by atoms with Gasteiger partial charge in [0.15, 0.2) is 6.04 Å². The first-order valence-electron chi connectivity index (χ1n) is 10.6. The first kappa shape index (κ1) is 23.7. The lowest BCUT2D eigenvalue weighted by Gasteiger charge is -2.24. The number of aryl methyl sites for hydroxylation is 1. The van der Waals surface area contributed by atoms with Gasteiger partial charge in [-0.2, -0.15) is 0 Å². The van der Waals surface area contributed by atoms with Crippen LogP contribution in [0.2, 0.25) is 0 Å². The number of ether oxygens (including phenoxy) is 2. The second-order valence-corrected chi connectivity index (χ2v) is 9.41. The SMILES string of the molecule is COC(=O)C(c1ccccc1)N1C(=O)/C(=C/c2ccc(OCc3ccc(C)cc3)cc2)SC1=S. The van der Waals surface area contributed by atoms with Gasteiger partial charge in [-0.1, -0.05) is 96.3 Å². The molecule has 1 unspecified atom stereocenters. The van der Waals surface area contributed by atoms with Gasteiger partial charge >= 0.3 is 5.97 Å². The highest BCUT2D eigenvalue weighted by Gasteiger charge is 2.41. The Bertz CT molecular complexity index is 1220. The minimum atomic E-state index is -0.929. The van der Waals surface area contributed by atoms with Gasteiger partial charge in [0.25, 0.3) is 5.91 Å². The van der Waals surface area contributed by atoms with E-state index in [1.807, 2.05) is 42.5 Å². The van der Waals surface area contributed by atoms with Crippen LogP contribution in [-0.2, 0) is 20.9 Å². The van der Waals surface area contributed by atoms with Crippen molar-refractivity contribution < 1.29 is 19.1 Å². The van der Waals surface area contributed by atoms with Crippen LogP contribution in [0, 0.1) is 6.92 Å². The van der Waals surface area contributed by atoms with Gasteiger partial charge in [-0.15, -0.1) is 0 Å². The summed E-state index contributed by atoms with van der Waals surface area (Å²) >= 11 is 6.63. The minimum Gasteiger partial charge on any atom is -0.489 e. The summed E-state index contributed by atoms with van der Waals surface area (Å²) in [5, 5.41) is 0. The molecule has 0 saturated carbocycles. The third-order valence-electron chi connectivity index (χ3n) is 5.33. The van der Waals surface area contributed by atoms with Crippen molar-refractivity contribution in [2.24, 2.45) is 0 Å². The summed E-state index contributed by atoms with van der Waals surface area (Å²) in [5.74, 6) is -0.132. The molecule has 1 heterocycles. The Kier molecular flexibility index (Phi) is 7.45. The lowest BCUT2D eigenvalue weighted by molar-refractivity contribution is -0.148. The molecule has 1 aliphatic heterocycles. The van der Waals surface area contributed by atoms with Gasteiger partial charge < -0.3 is 9.47 Å². The second-order valence-electron chi connectivity index (χ2n) is 7.73. The zero-order valence-corrected chi connectivity index (χ0v) is 20.4. The van der Waals surface area contributed by atoms with Crippen molar-refractivity contribution in [3.63, 3.8) is 0 Å². The molecule has 1 aliphatic rings. The van der Waals surface area contributed by atoms with E-state index in [0.717, 1.165) is 16.9 Å². The number of hydrogen-bond acceptors (Lipinski definition) is 6. The van der Waals surface area contributed by atoms with E-state index in [1.54, 1.807) is 30.3 Å². The molecular weight excluding hydrogens is 466 g/mol. The molecule has 0 aromatic heterocycles. The van der Waals surface area contributed by atoms with E-state index < -0.39 is 12.0 Å². The highest BCUT2D eigenvalue weighted by molar-refractivity contribution is 8.26. The maximum atomic E-state index is 13.2. The topological polar surface area (TPSA) is 55.8 Å². The average molecular weight is 490 g/mol. The number of methoxy groups -OCH3 is 1. The Labute approximate surface area is 208 Å². The third kappa shape index (κ3) is 5.38. The molecule has 34 heavy (non-hydrogen) atoms. The number of benzene rings is 3. The number of carbonyl (C=O) groups excluding carboxylic acids is 2. The second kappa shape index (κ2) is 10.7. The van der Waals surface area contributed by atoms with E-state index in [0.29, 0.717) is 21.4 Å². The predicted molar refractivity (Wildman–Crippen MR) is 138 cm³/mol. The largest absolute Gasteiger partial charge is 0.489 e. The number of thioether (sulfide) groups is 1. The molecule has 3 aromatic rings. The summed E-state index contributed by atoms with van der Waals surface area (Å²) in [7, 11) is 1.30. The number of rotatable bonds is 7. The Balaban J connectivity index is 1.49. The Hall–Kier alpha value is -3.42. The van der Waals surface area contributed by atoms with Crippen molar-refractivity contribution in [3.8, 4) is 5.75 Å². The van der Waals surface area contributed by atoms with Gasteiger partial charge in [0, 0.05) is 0 Å². The van der Waals surface area contributed by atoms with E-state index in [9.17, 15) is 9.59 Å². The van der Waals surface area contributed by atoms with Crippen molar-refractivity contribution >= 4 is 46.3 Å². The number of hydrogen-bond donors (Lipinski definition) is 0. The van der Waals surface area contributed by atoms with E-state index in [4.69, 9.17) is 21.7 Å². The van der Waals surface area contributed by atoms with E-state index in [-0.39, 0.29) is 5.91 Å². The first-order valence-corrected chi connectivity index (χ1v) is 11.9. The summed E-state index contributed by atoms with van der Waals surface area (Å²) in [6.45, 7) is 2.53. The molecule has 5 nitrogen and oxygen atoms in total. The van der Waals surface area contributed by atoms with Gasteiger partial charge in [0.2, 0.25) is 0 Å². The Morgan fingerprint density at radius 3 is 2.35 bits per heavy atom. The van der Waals surface area contributed by atoms with Gasteiger partial charge in [0.05, 0.1) is 12.0 Å². The first-order chi connectivity index (χ1) is 16.5. The van der Waals surface area contributed by atoms with Crippen LogP contribution in [0.25, 0.3) is 6.08 Å². The van der Waals surface area contributed by atoms with Crippen LogP contribution < -0.4 is 4.74 Å². The van der Waals surface area contributed by atoms with Crippen LogP contribution >= 0.6 is 24.0 Å². The summed E-state index contributed by atoms with van der Waals surface area (Å²) < 4.78 is 11.1. The van der Waals surface area contributed by atoms with Gasteiger partial charge in [-0.25, -0.2) is 4.79 Å². The van der Waals surface area contributed by atoms with Crippen LogP contribution in [0.3, 0.4) is 0 Å². The summed E-state index contributed by atoms with van der Waals surface area (Å²) in [5.41, 5.74) is 3.77. The van der Waals surface area contributed by atoms with Gasteiger partial charge in [-0.05, 0) is 41.8 Å². The van der Waals surface area contributed by atoms with E-state index in [2.05, 4.69) is 19.1 Å². The lowest BCUT2D eigenvalue weighted by atomic mass is 10.1. The summed E-state index contributed by atoms with van der Waals surface area (Å²) in [6, 6.07) is 23.8. The molecule has 0 radical (unpaired) electrons. The van der Waals surface area contributed by atoms with Crippen molar-refractivity contribution in [1.82, 2.24) is 4.90 Å². The summed E-state index contributed by atoms with van der Waals surface area (Å²) in [4.78, 5) is 27.6. The molecule has 0 bridgehead atoms. The van der Waals surface area contributed by atoms with Crippen LogP contribution in [0.15, 0.2) is 83.8 Å². The number of esters is 1. The molecule has 1 atom stereocenters. The van der Waals surface area contributed by atoms with E-state index >= 15 is 0 Å². The summed E-state index contributed by atoms with van der Waals surface area (Å²) in [6.07, 6.45) is 1.77. The molecule has 1 saturated heterocycles. The zero-order valence-electron chi connectivity index (χ0n) is 18.8. The monoisotopic (exact) mass is 489 g/mol. The van der Waals surface area contributed by atoms with Crippen molar-refractivity contribution in [2.75, 3.05) is 7.11 Å². The predicted octanol–water partition coefficient (Wildman–Crippen LogP) is 5.69. The lowest BCUT2D eigenvalue weighted by Crippen LogP contribution is -2.37. The smallest absolute Gasteiger partial charge is 0.333 e. The number of carbonyl (C=O) groups is 2. The molecule has 0 N–H and O–H groups in total. The number of thiocarbonyl (C=S) groups is 1. The average Bonchev–Trinajstić information content (AvgIpc) is 3.13. The Morgan fingerprint density at radius 1 is 1.03 bits per heavy atom. The molecule has 172 valence electrons. The fourth-order valence-electron chi connectivity index (χ4n) is 3.50. The van der Waals surface area contributed by atoms with Crippen LogP contribution in [-0.4, -0.2) is 28.2 Å². The molecule has 1 amide bonds. The van der Waals surface area contributed by atoms with Crippen LogP contribution in [0.1, 0.15) is 28.3 Å². The third-order valence-corrected chi connectivity index (χ3v) is 6.66. The van der Waals surface area contributed by atoms with Crippen LogP contribution in [0.4, 0.5) is 0 Å². The number of amides is 1. The van der Waals surface area contributed by atoms with Gasteiger partial charge in [-0.3, -0.25) is 9.69 Å². The fourth-order valence-corrected chi connectivity index (χ4v) is 4.82. The fraction of sp³-hybridized carbons (Fsp3) is 0.148. The molecule has 1 fully saturated rings. The Morgan fingerprint density at radius 2 is 1.71 bits per heavy atom. The quantitative estimate of drug-likeness (QED) is 0.241. The van der Waals surface area contributed by atoms with Crippen molar-refractivity contribution in [3.05, 3.63) is 106 Å². The maximum Gasteiger partial charge on any atom is 0.333 e. The standard InChI is InChI=1S/C27H23NO4S2/c1-18-8-10-20(11-9-18)17-32-22-14-12-19(13-15-22)16-23-25(29)28(27(33)34-23)24(26(30)31-2)21-6-4-3-5-7-21/h3-16,24H,17H2,1-2H3/b23-16-. The zero-order chi connectivity index (χ0) is 24.1. The normalized spacial score (nSPS) is 15.5. The van der Waals surface area contributed by atoms with Crippen molar-refractivity contribution in [2.45, 2.75) is 19.6 Å².